The Hall–Kier alpha value is -4.71. The smallest absolute Gasteiger partial charge is 0.247 e. The monoisotopic (exact) mass is 602 g/mol. The fourth-order valence-corrected chi connectivity index (χ4v) is 5.82. The fourth-order valence-electron chi connectivity index (χ4n) is 5.82. The quantitative estimate of drug-likeness (QED) is 0.225. The van der Waals surface area contributed by atoms with Crippen molar-refractivity contribution in [1.29, 1.82) is 0 Å². The summed E-state index contributed by atoms with van der Waals surface area (Å²) in [6.07, 6.45) is 7.42. The van der Waals surface area contributed by atoms with Gasteiger partial charge in [0.1, 0.15) is 17.4 Å². The van der Waals surface area contributed by atoms with E-state index in [1.54, 1.807) is 19.2 Å². The number of aromatic nitrogens is 2. The van der Waals surface area contributed by atoms with Crippen molar-refractivity contribution >= 4 is 52.5 Å². The third kappa shape index (κ3) is 6.75. The number of anilines is 7. The zero-order valence-corrected chi connectivity index (χ0v) is 25.5. The van der Waals surface area contributed by atoms with Crippen molar-refractivity contribution in [3.8, 4) is 5.75 Å². The Morgan fingerprint density at radius 3 is 2.66 bits per heavy atom. The topological polar surface area (TPSA) is 106 Å². The average molecular weight is 603 g/mol. The van der Waals surface area contributed by atoms with Crippen molar-refractivity contribution < 1.29 is 18.7 Å². The Kier molecular flexibility index (Phi) is 9.59. The lowest BCUT2D eigenvalue weighted by atomic mass is 10.00. The van der Waals surface area contributed by atoms with Gasteiger partial charge in [-0.2, -0.15) is 4.98 Å². The van der Waals surface area contributed by atoms with Crippen LogP contribution in [0.4, 0.5) is 44.6 Å². The van der Waals surface area contributed by atoms with Gasteiger partial charge in [-0.1, -0.05) is 6.58 Å². The Morgan fingerprint density at radius 1 is 1.14 bits per heavy atom. The van der Waals surface area contributed by atoms with Crippen LogP contribution in [-0.2, 0) is 16.0 Å². The van der Waals surface area contributed by atoms with Gasteiger partial charge < -0.3 is 30.1 Å². The van der Waals surface area contributed by atoms with Gasteiger partial charge in [-0.25, -0.2) is 9.37 Å². The van der Waals surface area contributed by atoms with Gasteiger partial charge in [-0.15, -0.1) is 0 Å². The molecular formula is C32H39FN8O3. The number of hydrogen-bond donors (Lipinski definition) is 2. The molecule has 0 bridgehead atoms. The van der Waals surface area contributed by atoms with Crippen molar-refractivity contribution in [3.05, 3.63) is 60.6 Å². The maximum Gasteiger partial charge on any atom is 0.247 e. The second-order valence-corrected chi connectivity index (χ2v) is 11.0. The molecule has 3 heterocycles. The molecule has 5 rings (SSSR count). The molecule has 2 amide bonds. The summed E-state index contributed by atoms with van der Waals surface area (Å²) >= 11 is 0. The summed E-state index contributed by atoms with van der Waals surface area (Å²) in [4.78, 5) is 41.6. The molecule has 11 nitrogen and oxygen atoms in total. The number of carbonyl (C=O) groups excluding carboxylic acids is 2. The Balaban J connectivity index is 1.46. The predicted octanol–water partition coefficient (Wildman–Crippen LogP) is 4.70. The summed E-state index contributed by atoms with van der Waals surface area (Å²) in [5.41, 5.74) is 3.89. The summed E-state index contributed by atoms with van der Waals surface area (Å²) < 4.78 is 20.4. The normalized spacial score (nSPS) is 14.5. The van der Waals surface area contributed by atoms with E-state index in [1.807, 2.05) is 25.1 Å². The minimum absolute atomic E-state index is 0.183. The Labute approximate surface area is 257 Å². The minimum atomic E-state index is -0.419. The molecule has 0 radical (unpaired) electrons. The third-order valence-electron chi connectivity index (χ3n) is 8.08. The summed E-state index contributed by atoms with van der Waals surface area (Å²) in [6, 6.07) is 8.06. The first-order valence-corrected chi connectivity index (χ1v) is 14.8. The zero-order valence-electron chi connectivity index (χ0n) is 25.5. The highest BCUT2D eigenvalue weighted by Crippen LogP contribution is 2.40. The van der Waals surface area contributed by atoms with Crippen molar-refractivity contribution in [1.82, 2.24) is 14.9 Å². The molecule has 3 aromatic rings. The summed E-state index contributed by atoms with van der Waals surface area (Å²) in [5.74, 6) is 0.187. The van der Waals surface area contributed by atoms with Crippen LogP contribution in [0.25, 0.3) is 0 Å². The molecule has 2 aliphatic rings. The Bertz CT molecular complexity index is 1530. The first kappa shape index (κ1) is 30.7. The van der Waals surface area contributed by atoms with Crippen LogP contribution in [0, 0.1) is 5.82 Å². The van der Waals surface area contributed by atoms with Crippen molar-refractivity contribution in [2.75, 3.05) is 79.3 Å². The molecule has 2 N–H and O–H groups in total. The first-order chi connectivity index (χ1) is 21.3. The number of rotatable bonds is 12. The molecule has 0 unspecified atom stereocenters. The summed E-state index contributed by atoms with van der Waals surface area (Å²) in [5, 5.41) is 6.07. The van der Waals surface area contributed by atoms with Crippen LogP contribution >= 0.6 is 0 Å². The number of likely N-dealkylation sites (N-methyl/N-ethyl adjacent to an activating group) is 1. The van der Waals surface area contributed by atoms with Crippen molar-refractivity contribution in [2.45, 2.75) is 25.7 Å². The van der Waals surface area contributed by atoms with Crippen LogP contribution in [0.2, 0.25) is 0 Å². The van der Waals surface area contributed by atoms with Crippen LogP contribution in [0.15, 0.2) is 49.2 Å². The molecule has 1 aromatic heterocycles. The number of benzene rings is 2. The lowest BCUT2D eigenvalue weighted by molar-refractivity contribution is -0.112. The van der Waals surface area contributed by atoms with Gasteiger partial charge in [0.15, 0.2) is 0 Å². The highest BCUT2D eigenvalue weighted by atomic mass is 19.1. The van der Waals surface area contributed by atoms with E-state index in [-0.39, 0.29) is 17.7 Å². The largest absolute Gasteiger partial charge is 0.494 e. The van der Waals surface area contributed by atoms with E-state index >= 15 is 0 Å². The number of hydrogen-bond acceptors (Lipinski definition) is 9. The molecule has 232 valence electrons. The van der Waals surface area contributed by atoms with Gasteiger partial charge in [0.05, 0.1) is 35.5 Å². The molecule has 1 fully saturated rings. The van der Waals surface area contributed by atoms with Crippen molar-refractivity contribution in [3.63, 3.8) is 0 Å². The van der Waals surface area contributed by atoms with Gasteiger partial charge in [-0.05, 0) is 68.6 Å². The zero-order chi connectivity index (χ0) is 31.2. The lowest BCUT2D eigenvalue weighted by Crippen LogP contribution is -2.32. The number of methoxy groups -OCH3 is 1. The molecule has 2 aromatic carbocycles. The standard InChI is InChI=1S/C32H39FN8O3/c1-5-30(43)35-24-19-25(28(44-4)20-26(24)38(2)15-16-40-13-6-7-14-40)36-32-34-11-10-29(37-32)41(21-42)27-18-23(33)17-22-9-8-12-39(3)31(22)27/h5,10-11,17-21H,1,6-9,12-16H2,2-4H3,(H,35,43)(H,34,36,37). The van der Waals surface area contributed by atoms with Gasteiger partial charge in [-0.3, -0.25) is 14.5 Å². The van der Waals surface area contributed by atoms with Crippen molar-refractivity contribution in [2.24, 2.45) is 0 Å². The minimum Gasteiger partial charge on any atom is -0.494 e. The van der Waals surface area contributed by atoms with Gasteiger partial charge in [0.25, 0.3) is 0 Å². The molecule has 0 atom stereocenters. The van der Waals surface area contributed by atoms with E-state index in [1.165, 1.54) is 42.1 Å². The SMILES string of the molecule is C=CC(=O)Nc1cc(Nc2nccc(N(C=O)c3cc(F)cc4c3N(C)CCC4)n2)c(OC)cc1N(C)CCN1CCCC1. The first-order valence-electron chi connectivity index (χ1n) is 14.8. The second-order valence-electron chi connectivity index (χ2n) is 11.0. The number of nitrogens with one attached hydrogen (secondary N) is 2. The number of amides is 2. The van der Waals surface area contributed by atoms with Crippen LogP contribution in [0.1, 0.15) is 24.8 Å². The number of ether oxygens (including phenoxy) is 1. The number of aryl methyl sites for hydroxylation is 1. The van der Waals surface area contributed by atoms with E-state index in [2.05, 4.69) is 37.0 Å². The lowest BCUT2D eigenvalue weighted by Gasteiger charge is -2.32. The van der Waals surface area contributed by atoms with Gasteiger partial charge >= 0.3 is 0 Å². The molecule has 2 aliphatic heterocycles. The number of halogens is 1. The average Bonchev–Trinajstić information content (AvgIpc) is 3.54. The number of nitrogens with zero attached hydrogens (tertiary/aromatic N) is 6. The van der Waals surface area contributed by atoms with Gasteiger partial charge in [0.2, 0.25) is 18.3 Å². The maximum atomic E-state index is 14.7. The Morgan fingerprint density at radius 2 is 1.93 bits per heavy atom. The summed E-state index contributed by atoms with van der Waals surface area (Å²) in [7, 11) is 5.47. The van der Waals surface area contributed by atoms with E-state index in [9.17, 15) is 14.0 Å². The van der Waals surface area contributed by atoms with Crippen LogP contribution in [-0.4, -0.2) is 81.1 Å². The molecular weight excluding hydrogens is 563 g/mol. The number of carbonyl (C=O) groups is 2. The highest BCUT2D eigenvalue weighted by Gasteiger charge is 2.25. The van der Waals surface area contributed by atoms with Crippen LogP contribution in [0.5, 0.6) is 5.75 Å². The maximum absolute atomic E-state index is 14.7. The fraction of sp³-hybridized carbons (Fsp3) is 0.375. The molecule has 0 aliphatic carbocycles. The molecule has 44 heavy (non-hydrogen) atoms. The second kappa shape index (κ2) is 13.7. The highest BCUT2D eigenvalue weighted by molar-refractivity contribution is 6.02. The van der Waals surface area contributed by atoms with Crippen LogP contribution < -0.4 is 30.1 Å². The predicted molar refractivity (Wildman–Crippen MR) is 172 cm³/mol. The van der Waals surface area contributed by atoms with E-state index < -0.39 is 5.82 Å². The number of fused-ring (bicyclic) bond motifs is 1. The van der Waals surface area contributed by atoms with E-state index in [0.717, 1.165) is 62.5 Å². The van der Waals surface area contributed by atoms with Crippen LogP contribution in [0.3, 0.4) is 0 Å². The van der Waals surface area contributed by atoms with E-state index in [0.29, 0.717) is 29.2 Å². The molecule has 1 saturated heterocycles. The molecule has 12 heteroatoms. The number of likely N-dealkylation sites (tertiary alicyclic amines) is 1. The molecule has 0 spiro atoms. The molecule has 0 saturated carbocycles. The van der Waals surface area contributed by atoms with E-state index in [4.69, 9.17) is 4.74 Å². The summed E-state index contributed by atoms with van der Waals surface area (Å²) in [6.45, 7) is 8.25. The third-order valence-corrected chi connectivity index (χ3v) is 8.08. The van der Waals surface area contributed by atoms with Gasteiger partial charge in [0, 0.05) is 52.1 Å².